The topological polar surface area (TPSA) is 103 Å². The molecule has 0 aliphatic rings. The largest absolute Gasteiger partial charge is 0.493 e. The minimum absolute atomic E-state index is 0.548. The van der Waals surface area contributed by atoms with Crippen LogP contribution in [0.5, 0.6) is 11.5 Å². The van der Waals surface area contributed by atoms with Crippen molar-refractivity contribution < 1.29 is 28.6 Å². The van der Waals surface area contributed by atoms with E-state index < -0.39 is 24.0 Å². The molecule has 8 nitrogen and oxygen atoms in total. The Labute approximate surface area is 152 Å². The zero-order valence-electron chi connectivity index (χ0n) is 15.3. The molecular formula is C18H24N2O6. The van der Waals surface area contributed by atoms with Crippen molar-refractivity contribution in [3.8, 4) is 11.5 Å². The molecule has 1 atom stereocenters. The van der Waals surface area contributed by atoms with Gasteiger partial charge in [-0.1, -0.05) is 13.0 Å². The normalized spacial score (nSPS) is 11.5. The highest BCUT2D eigenvalue weighted by atomic mass is 16.5. The second-order valence-electron chi connectivity index (χ2n) is 5.24. The molecule has 142 valence electrons. The SMILES string of the molecule is CCCOc1ccc(/C=C/C(=O)O[C@H](C)C(=O)NC(=O)NC)cc1OC. The third-order valence-corrected chi connectivity index (χ3v) is 3.19. The summed E-state index contributed by atoms with van der Waals surface area (Å²) < 4.78 is 15.8. The van der Waals surface area contributed by atoms with E-state index >= 15 is 0 Å². The Morgan fingerprint density at radius 1 is 1.23 bits per heavy atom. The predicted octanol–water partition coefficient (Wildman–Crippen LogP) is 1.88. The molecule has 2 N–H and O–H groups in total. The van der Waals surface area contributed by atoms with Gasteiger partial charge in [0.15, 0.2) is 17.6 Å². The summed E-state index contributed by atoms with van der Waals surface area (Å²) in [5.41, 5.74) is 0.699. The third kappa shape index (κ3) is 6.84. The van der Waals surface area contributed by atoms with Crippen LogP contribution in [0.4, 0.5) is 4.79 Å². The number of hydrogen-bond donors (Lipinski definition) is 2. The number of hydrogen-bond acceptors (Lipinski definition) is 6. The number of amides is 3. The van der Waals surface area contributed by atoms with E-state index in [1.54, 1.807) is 18.2 Å². The number of urea groups is 1. The van der Waals surface area contributed by atoms with Crippen molar-refractivity contribution in [3.63, 3.8) is 0 Å². The van der Waals surface area contributed by atoms with Crippen LogP contribution >= 0.6 is 0 Å². The summed E-state index contributed by atoms with van der Waals surface area (Å²) in [6.45, 7) is 3.95. The average molecular weight is 364 g/mol. The van der Waals surface area contributed by atoms with Crippen LogP contribution in [0.1, 0.15) is 25.8 Å². The first-order chi connectivity index (χ1) is 12.4. The molecule has 1 aromatic rings. The van der Waals surface area contributed by atoms with Gasteiger partial charge in [-0.3, -0.25) is 10.1 Å². The van der Waals surface area contributed by atoms with Crippen molar-refractivity contribution in [3.05, 3.63) is 29.8 Å². The summed E-state index contributed by atoms with van der Waals surface area (Å²) in [7, 11) is 2.90. The van der Waals surface area contributed by atoms with E-state index in [1.165, 1.54) is 33.2 Å². The molecule has 0 aliphatic carbocycles. The van der Waals surface area contributed by atoms with E-state index in [4.69, 9.17) is 14.2 Å². The average Bonchev–Trinajstić information content (AvgIpc) is 2.64. The van der Waals surface area contributed by atoms with Crippen molar-refractivity contribution in [2.75, 3.05) is 20.8 Å². The standard InChI is InChI=1S/C18H24N2O6/c1-5-10-25-14-8-6-13(11-15(14)24-4)7-9-16(21)26-12(2)17(22)20-18(23)19-3/h6-9,11-12H,5,10H2,1-4H3,(H2,19,20,22,23)/b9-7+/t12-/m1/s1. The van der Waals surface area contributed by atoms with E-state index in [0.29, 0.717) is 23.7 Å². The van der Waals surface area contributed by atoms with Gasteiger partial charge in [0.05, 0.1) is 13.7 Å². The molecule has 3 amide bonds. The highest BCUT2D eigenvalue weighted by Crippen LogP contribution is 2.28. The van der Waals surface area contributed by atoms with E-state index in [1.807, 2.05) is 12.2 Å². The Morgan fingerprint density at radius 2 is 1.96 bits per heavy atom. The van der Waals surface area contributed by atoms with Gasteiger partial charge < -0.3 is 19.5 Å². The molecule has 0 saturated carbocycles. The summed E-state index contributed by atoms with van der Waals surface area (Å²) in [6, 6.07) is 4.56. The van der Waals surface area contributed by atoms with Crippen molar-refractivity contribution in [2.45, 2.75) is 26.4 Å². The van der Waals surface area contributed by atoms with E-state index in [-0.39, 0.29) is 0 Å². The highest BCUT2D eigenvalue weighted by molar-refractivity contribution is 5.97. The fourth-order valence-corrected chi connectivity index (χ4v) is 1.83. The molecule has 0 aliphatic heterocycles. The number of esters is 1. The fraction of sp³-hybridized carbons (Fsp3) is 0.389. The van der Waals surface area contributed by atoms with Crippen LogP contribution in [0.3, 0.4) is 0 Å². The maximum Gasteiger partial charge on any atom is 0.331 e. The molecule has 0 fully saturated rings. The molecule has 0 saturated heterocycles. The molecule has 0 bridgehead atoms. The number of carbonyl (C=O) groups is 3. The van der Waals surface area contributed by atoms with Crippen molar-refractivity contribution in [1.29, 1.82) is 0 Å². The number of carbonyl (C=O) groups excluding carboxylic acids is 3. The summed E-state index contributed by atoms with van der Waals surface area (Å²) in [4.78, 5) is 34.5. The van der Waals surface area contributed by atoms with Crippen molar-refractivity contribution in [2.24, 2.45) is 0 Å². The van der Waals surface area contributed by atoms with E-state index in [9.17, 15) is 14.4 Å². The number of rotatable bonds is 8. The molecule has 0 unspecified atom stereocenters. The van der Waals surface area contributed by atoms with Gasteiger partial charge in [-0.2, -0.15) is 0 Å². The van der Waals surface area contributed by atoms with Crippen LogP contribution in [0.15, 0.2) is 24.3 Å². The minimum Gasteiger partial charge on any atom is -0.493 e. The van der Waals surface area contributed by atoms with Gasteiger partial charge in [0.25, 0.3) is 5.91 Å². The van der Waals surface area contributed by atoms with Crippen LogP contribution < -0.4 is 20.1 Å². The Kier molecular flexibility index (Phi) is 8.69. The van der Waals surface area contributed by atoms with E-state index in [2.05, 4.69) is 5.32 Å². The molecule has 8 heteroatoms. The van der Waals surface area contributed by atoms with Crippen molar-refractivity contribution >= 4 is 24.0 Å². The number of nitrogens with one attached hydrogen (secondary N) is 2. The van der Waals surface area contributed by atoms with Gasteiger partial charge in [-0.05, 0) is 37.1 Å². The summed E-state index contributed by atoms with van der Waals surface area (Å²) in [6.07, 6.45) is 2.48. The van der Waals surface area contributed by atoms with Crippen LogP contribution in [0, 0.1) is 0 Å². The maximum atomic E-state index is 11.8. The lowest BCUT2D eigenvalue weighted by Crippen LogP contribution is -2.43. The van der Waals surface area contributed by atoms with Gasteiger partial charge in [0.2, 0.25) is 0 Å². The Bertz CT molecular complexity index is 672. The van der Waals surface area contributed by atoms with Gasteiger partial charge in [0.1, 0.15) is 0 Å². The fourth-order valence-electron chi connectivity index (χ4n) is 1.83. The summed E-state index contributed by atoms with van der Waals surface area (Å²) >= 11 is 0. The first-order valence-corrected chi connectivity index (χ1v) is 8.13. The first kappa shape index (κ1) is 21.0. The monoisotopic (exact) mass is 364 g/mol. The molecule has 0 aromatic heterocycles. The summed E-state index contributed by atoms with van der Waals surface area (Å²) in [5, 5.41) is 4.26. The van der Waals surface area contributed by atoms with Crippen LogP contribution in [0.2, 0.25) is 0 Å². The number of methoxy groups -OCH3 is 1. The molecule has 0 spiro atoms. The Balaban J connectivity index is 2.67. The molecule has 1 aromatic carbocycles. The predicted molar refractivity (Wildman–Crippen MR) is 96.0 cm³/mol. The maximum absolute atomic E-state index is 11.8. The van der Waals surface area contributed by atoms with Gasteiger partial charge in [-0.25, -0.2) is 9.59 Å². The third-order valence-electron chi connectivity index (χ3n) is 3.19. The molecule has 0 heterocycles. The molecule has 26 heavy (non-hydrogen) atoms. The zero-order valence-corrected chi connectivity index (χ0v) is 15.3. The smallest absolute Gasteiger partial charge is 0.331 e. The number of benzene rings is 1. The minimum atomic E-state index is -1.11. The van der Waals surface area contributed by atoms with Gasteiger partial charge in [0, 0.05) is 13.1 Å². The van der Waals surface area contributed by atoms with Crippen molar-refractivity contribution in [1.82, 2.24) is 10.6 Å². The highest BCUT2D eigenvalue weighted by Gasteiger charge is 2.18. The molecule has 0 radical (unpaired) electrons. The summed E-state index contributed by atoms with van der Waals surface area (Å²) in [5.74, 6) is -0.263. The zero-order chi connectivity index (χ0) is 19.5. The Morgan fingerprint density at radius 3 is 2.58 bits per heavy atom. The Hall–Kier alpha value is -3.03. The van der Waals surface area contributed by atoms with Crippen LogP contribution in [0.25, 0.3) is 6.08 Å². The van der Waals surface area contributed by atoms with Gasteiger partial charge in [-0.15, -0.1) is 0 Å². The lowest BCUT2D eigenvalue weighted by Gasteiger charge is -2.11. The number of imide groups is 1. The second-order valence-corrected chi connectivity index (χ2v) is 5.24. The molecule has 1 rings (SSSR count). The van der Waals surface area contributed by atoms with Gasteiger partial charge >= 0.3 is 12.0 Å². The number of ether oxygens (including phenoxy) is 3. The van der Waals surface area contributed by atoms with Crippen LogP contribution in [-0.2, 0) is 14.3 Å². The van der Waals surface area contributed by atoms with E-state index in [0.717, 1.165) is 6.42 Å². The lowest BCUT2D eigenvalue weighted by atomic mass is 10.2. The lowest BCUT2D eigenvalue weighted by molar-refractivity contribution is -0.149. The van der Waals surface area contributed by atoms with Crippen LogP contribution in [-0.4, -0.2) is 44.8 Å². The second kappa shape index (κ2) is 10.8. The molecular weight excluding hydrogens is 340 g/mol. The quantitative estimate of drug-likeness (QED) is 0.539. The first-order valence-electron chi connectivity index (χ1n) is 8.13.